The third-order valence-corrected chi connectivity index (χ3v) is 4.27. The maximum atomic E-state index is 12.0. The SMILES string of the molecule is COc1ccc(C(=O)CS(=O)(=O)OC(=O)c2ccc(OC)cc2)cc1. The Labute approximate surface area is 145 Å². The first-order valence-corrected chi connectivity index (χ1v) is 8.70. The molecule has 0 aliphatic heterocycles. The van der Waals surface area contributed by atoms with Crippen molar-refractivity contribution in [2.75, 3.05) is 20.0 Å². The normalized spacial score (nSPS) is 10.8. The topological polar surface area (TPSA) is 96.0 Å². The molecule has 8 heteroatoms. The lowest BCUT2D eigenvalue weighted by molar-refractivity contribution is 0.0747. The Morgan fingerprint density at radius 3 is 1.68 bits per heavy atom. The van der Waals surface area contributed by atoms with Crippen LogP contribution in [0.25, 0.3) is 0 Å². The fraction of sp³-hybridized carbons (Fsp3) is 0.176. The van der Waals surface area contributed by atoms with E-state index in [4.69, 9.17) is 9.47 Å². The van der Waals surface area contributed by atoms with Gasteiger partial charge < -0.3 is 13.7 Å². The van der Waals surface area contributed by atoms with Gasteiger partial charge in [-0.25, -0.2) is 4.79 Å². The van der Waals surface area contributed by atoms with E-state index in [0.29, 0.717) is 11.5 Å². The van der Waals surface area contributed by atoms with E-state index in [-0.39, 0.29) is 11.1 Å². The van der Waals surface area contributed by atoms with Gasteiger partial charge in [0.2, 0.25) is 0 Å². The zero-order valence-electron chi connectivity index (χ0n) is 13.6. The second-order valence-corrected chi connectivity index (χ2v) is 6.52. The van der Waals surface area contributed by atoms with Crippen molar-refractivity contribution < 1.29 is 31.7 Å². The molecule has 0 atom stereocenters. The van der Waals surface area contributed by atoms with Gasteiger partial charge in [0.15, 0.2) is 5.78 Å². The number of ether oxygens (including phenoxy) is 2. The van der Waals surface area contributed by atoms with Crippen LogP contribution in [0, 0.1) is 0 Å². The van der Waals surface area contributed by atoms with Crippen LogP contribution in [0.3, 0.4) is 0 Å². The van der Waals surface area contributed by atoms with E-state index in [1.807, 2.05) is 0 Å². The maximum Gasteiger partial charge on any atom is 0.353 e. The van der Waals surface area contributed by atoms with Crippen molar-refractivity contribution in [3.63, 3.8) is 0 Å². The van der Waals surface area contributed by atoms with Crippen LogP contribution in [0.15, 0.2) is 48.5 Å². The summed E-state index contributed by atoms with van der Waals surface area (Å²) in [7, 11) is -1.44. The average Bonchev–Trinajstić information content (AvgIpc) is 2.61. The molecule has 2 aromatic carbocycles. The largest absolute Gasteiger partial charge is 0.497 e. The van der Waals surface area contributed by atoms with Crippen molar-refractivity contribution >= 4 is 21.9 Å². The molecule has 0 bridgehead atoms. The molecule has 132 valence electrons. The van der Waals surface area contributed by atoms with Crippen LogP contribution in [0.4, 0.5) is 0 Å². The minimum atomic E-state index is -4.37. The molecular formula is C17H16O7S. The zero-order chi connectivity index (χ0) is 18.4. The lowest BCUT2D eigenvalue weighted by atomic mass is 10.1. The Morgan fingerprint density at radius 1 is 0.800 bits per heavy atom. The van der Waals surface area contributed by atoms with Crippen LogP contribution in [-0.2, 0) is 14.3 Å². The van der Waals surface area contributed by atoms with Gasteiger partial charge in [0.25, 0.3) is 0 Å². The van der Waals surface area contributed by atoms with E-state index in [2.05, 4.69) is 4.18 Å². The summed E-state index contributed by atoms with van der Waals surface area (Å²) in [5.74, 6) is -1.66. The van der Waals surface area contributed by atoms with Crippen LogP contribution < -0.4 is 9.47 Å². The van der Waals surface area contributed by atoms with E-state index >= 15 is 0 Å². The van der Waals surface area contributed by atoms with Gasteiger partial charge in [-0.2, -0.15) is 8.42 Å². The van der Waals surface area contributed by atoms with Crippen LogP contribution in [0.1, 0.15) is 20.7 Å². The third kappa shape index (κ3) is 5.05. The second-order valence-electron chi connectivity index (χ2n) is 4.95. The standard InChI is InChI=1S/C17H16O7S/c1-22-14-7-3-12(4-8-14)16(18)11-25(20,21)24-17(19)13-5-9-15(23-2)10-6-13/h3-10H,11H2,1-2H3. The molecule has 0 amide bonds. The van der Waals surface area contributed by atoms with Gasteiger partial charge >= 0.3 is 16.1 Å². The number of carbonyl (C=O) groups is 2. The second kappa shape index (κ2) is 7.80. The van der Waals surface area contributed by atoms with E-state index in [1.165, 1.54) is 62.8 Å². The number of hydrogen-bond donors (Lipinski definition) is 0. The van der Waals surface area contributed by atoms with E-state index in [9.17, 15) is 18.0 Å². The molecule has 0 N–H and O–H groups in total. The lowest BCUT2D eigenvalue weighted by Gasteiger charge is -2.06. The number of methoxy groups -OCH3 is 2. The molecule has 0 fully saturated rings. The summed E-state index contributed by atoms with van der Waals surface area (Å²) in [6, 6.07) is 11.6. The van der Waals surface area contributed by atoms with E-state index in [1.54, 1.807) is 0 Å². The molecule has 0 radical (unpaired) electrons. The summed E-state index contributed by atoms with van der Waals surface area (Å²) >= 11 is 0. The first-order chi connectivity index (χ1) is 11.8. The predicted molar refractivity (Wildman–Crippen MR) is 89.5 cm³/mol. The smallest absolute Gasteiger partial charge is 0.353 e. The molecule has 2 rings (SSSR count). The highest BCUT2D eigenvalue weighted by Gasteiger charge is 2.23. The minimum Gasteiger partial charge on any atom is -0.497 e. The highest BCUT2D eigenvalue weighted by atomic mass is 32.2. The molecule has 0 aromatic heterocycles. The summed E-state index contributed by atoms with van der Waals surface area (Å²) in [6.45, 7) is 0. The van der Waals surface area contributed by atoms with Gasteiger partial charge in [0, 0.05) is 5.56 Å². The molecular weight excluding hydrogens is 348 g/mol. The summed E-state index contributed by atoms with van der Waals surface area (Å²) < 4.78 is 38.2. The molecule has 2 aromatic rings. The van der Waals surface area contributed by atoms with Crippen molar-refractivity contribution in [2.24, 2.45) is 0 Å². The van der Waals surface area contributed by atoms with Crippen molar-refractivity contribution in [3.8, 4) is 11.5 Å². The number of benzene rings is 2. The molecule has 0 saturated heterocycles. The highest BCUT2D eigenvalue weighted by molar-refractivity contribution is 7.87. The van der Waals surface area contributed by atoms with Crippen LogP contribution >= 0.6 is 0 Å². The summed E-state index contributed by atoms with van der Waals surface area (Å²) in [4.78, 5) is 23.9. The zero-order valence-corrected chi connectivity index (χ0v) is 14.4. The van der Waals surface area contributed by atoms with Crippen molar-refractivity contribution in [1.29, 1.82) is 0 Å². The van der Waals surface area contributed by atoms with E-state index in [0.717, 1.165) is 0 Å². The first-order valence-electron chi connectivity index (χ1n) is 7.12. The minimum absolute atomic E-state index is 0.0290. The molecule has 0 aliphatic carbocycles. The van der Waals surface area contributed by atoms with Crippen molar-refractivity contribution in [2.45, 2.75) is 0 Å². The van der Waals surface area contributed by atoms with Gasteiger partial charge in [-0.3, -0.25) is 4.79 Å². The number of rotatable bonds is 7. The van der Waals surface area contributed by atoms with E-state index < -0.39 is 27.6 Å². The fourth-order valence-electron chi connectivity index (χ4n) is 1.94. The maximum absolute atomic E-state index is 12.0. The van der Waals surface area contributed by atoms with Gasteiger partial charge in [0.05, 0.1) is 19.8 Å². The Hall–Kier alpha value is -2.87. The lowest BCUT2D eigenvalue weighted by Crippen LogP contribution is -2.21. The Balaban J connectivity index is 2.04. The first kappa shape index (κ1) is 18.5. The number of hydrogen-bond acceptors (Lipinski definition) is 7. The Morgan fingerprint density at radius 2 is 1.24 bits per heavy atom. The molecule has 0 aliphatic rings. The Kier molecular flexibility index (Phi) is 5.76. The van der Waals surface area contributed by atoms with Gasteiger partial charge in [0.1, 0.15) is 17.3 Å². The quantitative estimate of drug-likeness (QED) is 0.548. The van der Waals surface area contributed by atoms with Gasteiger partial charge in [-0.05, 0) is 48.5 Å². The fourth-order valence-corrected chi connectivity index (χ4v) is 2.81. The molecule has 0 unspecified atom stereocenters. The third-order valence-electron chi connectivity index (χ3n) is 3.25. The molecule has 0 heterocycles. The van der Waals surface area contributed by atoms with Crippen LogP contribution in [0.5, 0.6) is 11.5 Å². The Bertz CT molecular complexity index is 785. The van der Waals surface area contributed by atoms with Gasteiger partial charge in [-0.1, -0.05) is 0 Å². The van der Waals surface area contributed by atoms with Crippen LogP contribution in [-0.4, -0.2) is 40.1 Å². The summed E-state index contributed by atoms with van der Waals surface area (Å²) in [6.07, 6.45) is 0. The molecule has 0 saturated carbocycles. The number of Topliss-reactive ketones (excluding diaryl/α,β-unsaturated/α-hetero) is 1. The number of ketones is 1. The molecule has 7 nitrogen and oxygen atoms in total. The van der Waals surface area contributed by atoms with Crippen molar-refractivity contribution in [3.05, 3.63) is 59.7 Å². The summed E-state index contributed by atoms with van der Waals surface area (Å²) in [5, 5.41) is 0. The molecule has 25 heavy (non-hydrogen) atoms. The predicted octanol–water partition coefficient (Wildman–Crippen LogP) is 2.07. The van der Waals surface area contributed by atoms with Gasteiger partial charge in [-0.15, -0.1) is 0 Å². The average molecular weight is 364 g/mol. The van der Waals surface area contributed by atoms with Crippen LogP contribution in [0.2, 0.25) is 0 Å². The number of carbonyl (C=O) groups excluding carboxylic acids is 2. The van der Waals surface area contributed by atoms with Crippen molar-refractivity contribution in [1.82, 2.24) is 0 Å². The molecule has 0 spiro atoms. The summed E-state index contributed by atoms with van der Waals surface area (Å²) in [5.41, 5.74) is 0.200. The monoisotopic (exact) mass is 364 g/mol. The highest BCUT2D eigenvalue weighted by Crippen LogP contribution is 2.15.